The number of carbonyl (C=O) groups excluding carboxylic acids is 1. The lowest BCUT2D eigenvalue weighted by Crippen LogP contribution is -2.43. The van der Waals surface area contributed by atoms with Crippen LogP contribution in [0.2, 0.25) is 10.0 Å². The molecular formula is C25H28Cl2N4O2. The van der Waals surface area contributed by atoms with Crippen LogP contribution < -0.4 is 5.32 Å². The molecule has 1 saturated heterocycles. The van der Waals surface area contributed by atoms with E-state index in [0.717, 1.165) is 24.9 Å². The van der Waals surface area contributed by atoms with Crippen LogP contribution in [0.5, 0.6) is 0 Å². The number of rotatable bonds is 6. The lowest BCUT2D eigenvalue weighted by atomic mass is 9.95. The van der Waals surface area contributed by atoms with E-state index in [0.29, 0.717) is 40.4 Å². The molecule has 33 heavy (non-hydrogen) atoms. The molecule has 1 aliphatic heterocycles. The zero-order valence-corrected chi connectivity index (χ0v) is 20.6. The Morgan fingerprint density at radius 3 is 2.82 bits per heavy atom. The first kappa shape index (κ1) is 23.7. The van der Waals surface area contributed by atoms with Crippen LogP contribution in [0, 0.1) is 19.8 Å². The predicted molar refractivity (Wildman–Crippen MR) is 130 cm³/mol. The van der Waals surface area contributed by atoms with E-state index in [4.69, 9.17) is 27.7 Å². The van der Waals surface area contributed by atoms with Crippen molar-refractivity contribution in [2.45, 2.75) is 46.2 Å². The number of nitrogens with one attached hydrogen (secondary N) is 1. The molecule has 1 aromatic heterocycles. The van der Waals surface area contributed by atoms with Crippen LogP contribution in [0.4, 0.5) is 0 Å². The standard InChI is InChI=1S/C25H28Cl2N4O2/c1-15-6-8-20(16(2)11-15)17(3)28-25(32)18-5-4-10-31(13-18)14-23-29-24(30-33-23)21-9-7-19(26)12-22(21)27/h6-9,11-12,17-18H,4-5,10,13-14H2,1-3H3,(H,28,32). The summed E-state index contributed by atoms with van der Waals surface area (Å²) in [5.41, 5.74) is 4.24. The Balaban J connectivity index is 1.36. The van der Waals surface area contributed by atoms with Crippen LogP contribution in [0.25, 0.3) is 11.4 Å². The van der Waals surface area contributed by atoms with Gasteiger partial charge in [-0.15, -0.1) is 0 Å². The second kappa shape index (κ2) is 10.2. The Bertz CT molecular complexity index is 1150. The first-order valence-electron chi connectivity index (χ1n) is 11.2. The van der Waals surface area contributed by atoms with Gasteiger partial charge in [0.15, 0.2) is 0 Å². The minimum atomic E-state index is -0.0694. The van der Waals surface area contributed by atoms with Crippen molar-refractivity contribution in [1.29, 1.82) is 0 Å². The SMILES string of the molecule is Cc1ccc(C(C)NC(=O)C2CCCN(Cc3nc(-c4ccc(Cl)cc4Cl)no3)C2)c(C)c1. The highest BCUT2D eigenvalue weighted by Crippen LogP contribution is 2.29. The molecule has 2 heterocycles. The quantitative estimate of drug-likeness (QED) is 0.480. The molecule has 6 nitrogen and oxygen atoms in total. The fourth-order valence-corrected chi connectivity index (χ4v) is 4.92. The van der Waals surface area contributed by atoms with Crippen molar-refractivity contribution in [3.05, 3.63) is 69.0 Å². The molecule has 8 heteroatoms. The largest absolute Gasteiger partial charge is 0.349 e. The van der Waals surface area contributed by atoms with Crippen molar-refractivity contribution >= 4 is 29.1 Å². The van der Waals surface area contributed by atoms with Crippen LogP contribution in [0.15, 0.2) is 40.9 Å². The van der Waals surface area contributed by atoms with Crippen molar-refractivity contribution in [2.75, 3.05) is 13.1 Å². The van der Waals surface area contributed by atoms with Gasteiger partial charge in [-0.3, -0.25) is 9.69 Å². The number of benzene rings is 2. The molecule has 0 saturated carbocycles. The summed E-state index contributed by atoms with van der Waals surface area (Å²) in [5.74, 6) is 0.951. The van der Waals surface area contributed by atoms with Crippen LogP contribution in [0.1, 0.15) is 48.4 Å². The average Bonchev–Trinajstić information content (AvgIpc) is 3.21. The smallest absolute Gasteiger partial charge is 0.241 e. The molecule has 2 atom stereocenters. The van der Waals surface area contributed by atoms with E-state index in [9.17, 15) is 4.79 Å². The van der Waals surface area contributed by atoms with Gasteiger partial charge in [-0.05, 0) is 69.5 Å². The Labute approximate surface area is 204 Å². The summed E-state index contributed by atoms with van der Waals surface area (Å²) in [5, 5.41) is 8.30. The van der Waals surface area contributed by atoms with Crippen molar-refractivity contribution in [3.8, 4) is 11.4 Å². The number of aryl methyl sites for hydroxylation is 2. The number of carbonyl (C=O) groups is 1. The van der Waals surface area contributed by atoms with E-state index in [1.807, 2.05) is 6.92 Å². The van der Waals surface area contributed by atoms with Gasteiger partial charge in [-0.1, -0.05) is 52.1 Å². The van der Waals surface area contributed by atoms with Gasteiger partial charge in [0.05, 0.1) is 23.5 Å². The molecule has 1 amide bonds. The second-order valence-electron chi connectivity index (χ2n) is 8.80. The molecule has 1 N–H and O–H groups in total. The first-order valence-corrected chi connectivity index (χ1v) is 11.9. The van der Waals surface area contributed by atoms with Crippen LogP contribution >= 0.6 is 23.2 Å². The fourth-order valence-electron chi connectivity index (χ4n) is 4.42. The Hall–Kier alpha value is -2.41. The predicted octanol–water partition coefficient (Wildman–Crippen LogP) is 5.75. The maximum Gasteiger partial charge on any atom is 0.241 e. The summed E-state index contributed by atoms with van der Waals surface area (Å²) in [4.78, 5) is 19.7. The van der Waals surface area contributed by atoms with Gasteiger partial charge < -0.3 is 9.84 Å². The second-order valence-corrected chi connectivity index (χ2v) is 9.64. The molecule has 0 spiro atoms. The van der Waals surface area contributed by atoms with E-state index in [1.165, 1.54) is 11.1 Å². The van der Waals surface area contributed by atoms with E-state index in [1.54, 1.807) is 18.2 Å². The Morgan fingerprint density at radius 1 is 1.24 bits per heavy atom. The maximum atomic E-state index is 13.0. The minimum absolute atomic E-state index is 0.0314. The van der Waals surface area contributed by atoms with E-state index < -0.39 is 0 Å². The molecule has 1 fully saturated rings. The van der Waals surface area contributed by atoms with Crippen molar-refractivity contribution in [2.24, 2.45) is 5.92 Å². The summed E-state index contributed by atoms with van der Waals surface area (Å²) in [7, 11) is 0. The van der Waals surface area contributed by atoms with Crippen LogP contribution in [-0.4, -0.2) is 34.0 Å². The molecule has 0 aliphatic carbocycles. The van der Waals surface area contributed by atoms with Crippen molar-refractivity contribution < 1.29 is 9.32 Å². The third-order valence-electron chi connectivity index (χ3n) is 6.13. The zero-order valence-electron chi connectivity index (χ0n) is 19.1. The fraction of sp³-hybridized carbons (Fsp3) is 0.400. The molecule has 4 rings (SSSR count). The number of likely N-dealkylation sites (tertiary alicyclic amines) is 1. The van der Waals surface area contributed by atoms with Gasteiger partial charge >= 0.3 is 0 Å². The van der Waals surface area contributed by atoms with Gasteiger partial charge in [0.2, 0.25) is 17.6 Å². The van der Waals surface area contributed by atoms with Gasteiger partial charge in [-0.2, -0.15) is 4.98 Å². The third kappa shape index (κ3) is 5.75. The number of piperidine rings is 1. The van der Waals surface area contributed by atoms with Gasteiger partial charge in [0, 0.05) is 17.1 Å². The van der Waals surface area contributed by atoms with Crippen molar-refractivity contribution in [3.63, 3.8) is 0 Å². The minimum Gasteiger partial charge on any atom is -0.349 e. The first-order chi connectivity index (χ1) is 15.8. The molecule has 3 aromatic rings. The topological polar surface area (TPSA) is 71.3 Å². The summed E-state index contributed by atoms with van der Waals surface area (Å²) in [6, 6.07) is 11.5. The molecule has 0 radical (unpaired) electrons. The number of hydrogen-bond donors (Lipinski definition) is 1. The van der Waals surface area contributed by atoms with Gasteiger partial charge in [0.25, 0.3) is 0 Å². The average molecular weight is 487 g/mol. The molecule has 0 bridgehead atoms. The molecular weight excluding hydrogens is 459 g/mol. The molecule has 2 unspecified atom stereocenters. The van der Waals surface area contributed by atoms with Gasteiger partial charge in [0.1, 0.15) is 0 Å². The zero-order chi connectivity index (χ0) is 23.5. The monoisotopic (exact) mass is 486 g/mol. The lowest BCUT2D eigenvalue weighted by molar-refractivity contribution is -0.127. The Morgan fingerprint density at radius 2 is 2.06 bits per heavy atom. The summed E-state index contributed by atoms with van der Waals surface area (Å²) >= 11 is 12.2. The summed E-state index contributed by atoms with van der Waals surface area (Å²) in [6.07, 6.45) is 1.82. The van der Waals surface area contributed by atoms with Gasteiger partial charge in [-0.25, -0.2) is 0 Å². The van der Waals surface area contributed by atoms with Crippen LogP contribution in [-0.2, 0) is 11.3 Å². The third-order valence-corrected chi connectivity index (χ3v) is 6.67. The lowest BCUT2D eigenvalue weighted by Gasteiger charge is -2.31. The number of halogens is 2. The number of aromatic nitrogens is 2. The summed E-state index contributed by atoms with van der Waals surface area (Å²) < 4.78 is 5.45. The maximum absolute atomic E-state index is 13.0. The van der Waals surface area contributed by atoms with E-state index in [-0.39, 0.29) is 17.9 Å². The number of nitrogens with zero attached hydrogens (tertiary/aromatic N) is 3. The number of amides is 1. The molecule has 2 aromatic carbocycles. The highest BCUT2D eigenvalue weighted by Gasteiger charge is 2.28. The van der Waals surface area contributed by atoms with E-state index in [2.05, 4.69) is 52.4 Å². The van der Waals surface area contributed by atoms with Crippen LogP contribution in [0.3, 0.4) is 0 Å². The Kier molecular flexibility index (Phi) is 7.37. The molecule has 174 valence electrons. The van der Waals surface area contributed by atoms with Crippen molar-refractivity contribution in [1.82, 2.24) is 20.4 Å². The molecule has 1 aliphatic rings. The summed E-state index contributed by atoms with van der Waals surface area (Å²) in [6.45, 7) is 8.24. The normalized spacial score (nSPS) is 17.7. The highest BCUT2D eigenvalue weighted by molar-refractivity contribution is 6.36. The van der Waals surface area contributed by atoms with E-state index >= 15 is 0 Å². The number of hydrogen-bond acceptors (Lipinski definition) is 5. The highest BCUT2D eigenvalue weighted by atomic mass is 35.5.